The topological polar surface area (TPSA) is 133 Å². The molecule has 12 nitrogen and oxygen atoms in total. The van der Waals surface area contributed by atoms with Gasteiger partial charge in [-0.15, -0.1) is 0 Å². The zero-order valence-electron chi connectivity index (χ0n) is 80.1. The minimum Gasteiger partial charge on any atom is -0.497 e. The lowest BCUT2D eigenvalue weighted by Gasteiger charge is -2.32. The molecular formula is C111H131BN4O8. The molecule has 1 fully saturated rings. The lowest BCUT2D eigenvalue weighted by molar-refractivity contribution is 0.00578. The molecule has 0 radical (unpaired) electrons. The SMILES string of the molecule is COc1cc2c(cc1-c1cc(-c3cc(C(C)(C)C)cc(C(C)(C)C)c3)cc(-c3cc(C(C)(C)C)cc(C)n3)n1)oc1ccccc12.COc1ccc(C(C)(C)C)cc1-c1cc(C(C)(C)C)cc(-c2cc(-c3cc(C(C)(C)C)cc(C(C)(C)C)c3)cc(-c3cc4oc5ccccc5c4cc3OC)n2)n1.COc1ccc(C(C)(C)C)cc1B1OC(C)(C)C(C)(C)O1. The van der Waals surface area contributed by atoms with Gasteiger partial charge in [0, 0.05) is 49.4 Å². The molecule has 0 N–H and O–H groups in total. The zero-order chi connectivity index (χ0) is 90.5. The number of benzene rings is 8. The number of aromatic nitrogens is 4. The lowest BCUT2D eigenvalue weighted by Crippen LogP contribution is -2.41. The summed E-state index contributed by atoms with van der Waals surface area (Å²) < 4.78 is 48.7. The fourth-order valence-electron chi connectivity index (χ4n) is 15.7. The number of ether oxygens (including phenoxy) is 4. The van der Waals surface area contributed by atoms with Gasteiger partial charge in [0.25, 0.3) is 0 Å². The van der Waals surface area contributed by atoms with Crippen molar-refractivity contribution in [1.82, 2.24) is 19.9 Å². The molecule has 0 amide bonds. The number of methoxy groups -OCH3 is 4. The summed E-state index contributed by atoms with van der Waals surface area (Å²) in [5.41, 5.74) is 27.0. The van der Waals surface area contributed by atoms with E-state index in [2.05, 4.69) is 352 Å². The second-order valence-corrected chi connectivity index (χ2v) is 43.1. The van der Waals surface area contributed by atoms with E-state index in [1.165, 1.54) is 38.9 Å². The van der Waals surface area contributed by atoms with Crippen LogP contribution in [0.5, 0.6) is 23.0 Å². The zero-order valence-corrected chi connectivity index (χ0v) is 80.1. The summed E-state index contributed by atoms with van der Waals surface area (Å²) in [6, 6.07) is 68.8. The van der Waals surface area contributed by atoms with Crippen molar-refractivity contribution in [3.8, 4) is 102 Å². The molecule has 15 rings (SSSR count). The van der Waals surface area contributed by atoms with E-state index < -0.39 is 7.12 Å². The lowest BCUT2D eigenvalue weighted by atomic mass is 9.74. The molecule has 0 atom stereocenters. The number of aryl methyl sites for hydroxylation is 1. The smallest absolute Gasteiger partial charge is 0.497 e. The van der Waals surface area contributed by atoms with Gasteiger partial charge in [0.2, 0.25) is 0 Å². The number of rotatable bonds is 12. The van der Waals surface area contributed by atoms with Crippen LogP contribution < -0.4 is 24.4 Å². The molecule has 0 aliphatic carbocycles. The average molecular weight is 1660 g/mol. The van der Waals surface area contributed by atoms with Crippen LogP contribution in [0, 0.1) is 6.92 Å². The van der Waals surface area contributed by atoms with E-state index in [9.17, 15) is 0 Å². The maximum Gasteiger partial charge on any atom is 0.498 e. The Labute approximate surface area is 738 Å². The van der Waals surface area contributed by atoms with Crippen LogP contribution in [-0.2, 0) is 52.6 Å². The average Bonchev–Trinajstić information content (AvgIpc) is 1.42. The third-order valence-electron chi connectivity index (χ3n) is 24.6. The normalized spacial score (nSPS) is 14.1. The van der Waals surface area contributed by atoms with Crippen LogP contribution in [0.3, 0.4) is 0 Å². The molecular weight excluding hydrogens is 1530 g/mol. The molecule has 1 aliphatic rings. The van der Waals surface area contributed by atoms with Crippen molar-refractivity contribution >= 4 is 56.5 Å². The van der Waals surface area contributed by atoms with E-state index in [1.807, 2.05) is 42.5 Å². The van der Waals surface area contributed by atoms with Crippen molar-refractivity contribution in [2.24, 2.45) is 0 Å². The van der Waals surface area contributed by atoms with Gasteiger partial charge in [-0.25, -0.2) is 15.0 Å². The van der Waals surface area contributed by atoms with Gasteiger partial charge >= 0.3 is 7.12 Å². The van der Waals surface area contributed by atoms with Gasteiger partial charge in [-0.3, -0.25) is 4.98 Å². The van der Waals surface area contributed by atoms with Crippen molar-refractivity contribution in [1.29, 1.82) is 0 Å². The van der Waals surface area contributed by atoms with E-state index >= 15 is 0 Å². The first kappa shape index (κ1) is 90.9. The highest BCUT2D eigenvalue weighted by Gasteiger charge is 2.53. The fraction of sp³-hybridized carbons (Fsp3) is 0.387. The molecule has 1 aliphatic heterocycles. The molecule has 646 valence electrons. The second-order valence-electron chi connectivity index (χ2n) is 43.1. The van der Waals surface area contributed by atoms with E-state index in [0.29, 0.717) is 0 Å². The molecule has 0 saturated carbocycles. The Balaban J connectivity index is 0.000000176. The summed E-state index contributed by atoms with van der Waals surface area (Å²) in [5.74, 6) is 3.07. The van der Waals surface area contributed by atoms with Crippen LogP contribution in [-0.4, -0.2) is 66.7 Å². The monoisotopic (exact) mass is 1660 g/mol. The quantitative estimate of drug-likeness (QED) is 0.108. The first-order chi connectivity index (χ1) is 57.6. The Morgan fingerprint density at radius 2 is 0.556 bits per heavy atom. The van der Waals surface area contributed by atoms with Crippen LogP contribution in [0.1, 0.15) is 244 Å². The van der Waals surface area contributed by atoms with Crippen molar-refractivity contribution in [3.63, 3.8) is 0 Å². The van der Waals surface area contributed by atoms with Gasteiger partial charge in [0.1, 0.15) is 45.3 Å². The first-order valence-corrected chi connectivity index (χ1v) is 43.7. The highest BCUT2D eigenvalue weighted by atomic mass is 16.7. The van der Waals surface area contributed by atoms with Crippen molar-refractivity contribution in [2.75, 3.05) is 28.4 Å². The van der Waals surface area contributed by atoms with E-state index in [1.54, 1.807) is 28.4 Å². The number of hydrogen-bond acceptors (Lipinski definition) is 12. The molecule has 0 unspecified atom stereocenters. The Kier molecular flexibility index (Phi) is 24.4. The third-order valence-corrected chi connectivity index (χ3v) is 24.6. The molecule has 124 heavy (non-hydrogen) atoms. The van der Waals surface area contributed by atoms with Gasteiger partial charge in [0.05, 0.1) is 79.5 Å². The number of furan rings is 2. The summed E-state index contributed by atoms with van der Waals surface area (Å²) in [6.45, 7) is 64.4. The number of fused-ring (bicyclic) bond motifs is 6. The molecule has 14 aromatic rings. The Hall–Kier alpha value is -10.9. The Morgan fingerprint density at radius 3 is 0.935 bits per heavy atom. The van der Waals surface area contributed by atoms with Gasteiger partial charge < -0.3 is 37.1 Å². The number of nitrogens with zero attached hydrogens (tertiary/aromatic N) is 4. The number of para-hydroxylation sites is 2. The minimum absolute atomic E-state index is 0.00996. The van der Waals surface area contributed by atoms with Crippen LogP contribution in [0.4, 0.5) is 0 Å². The maximum absolute atomic E-state index is 6.42. The van der Waals surface area contributed by atoms with E-state index in [4.69, 9.17) is 57.0 Å². The third kappa shape index (κ3) is 19.3. The first-order valence-electron chi connectivity index (χ1n) is 43.7. The molecule has 0 bridgehead atoms. The summed E-state index contributed by atoms with van der Waals surface area (Å²) in [5, 5.41) is 4.15. The molecule has 8 aromatic carbocycles. The van der Waals surface area contributed by atoms with Gasteiger partial charge in [-0.2, -0.15) is 0 Å². The van der Waals surface area contributed by atoms with Crippen molar-refractivity contribution in [3.05, 3.63) is 244 Å². The summed E-state index contributed by atoms with van der Waals surface area (Å²) in [4.78, 5) is 21.2. The second kappa shape index (κ2) is 33.2. The molecule has 1 saturated heterocycles. The highest BCUT2D eigenvalue weighted by Crippen LogP contribution is 2.47. The van der Waals surface area contributed by atoms with Crippen LogP contribution in [0.25, 0.3) is 123 Å². The molecule has 7 heterocycles. The highest BCUT2D eigenvalue weighted by molar-refractivity contribution is 6.63. The Bertz CT molecular complexity index is 6280. The van der Waals surface area contributed by atoms with Crippen molar-refractivity contribution in [2.45, 2.75) is 255 Å². The predicted octanol–water partition coefficient (Wildman–Crippen LogP) is 29.1. The number of pyridine rings is 4. The summed E-state index contributed by atoms with van der Waals surface area (Å²) >= 11 is 0. The van der Waals surface area contributed by atoms with Crippen LogP contribution in [0.2, 0.25) is 0 Å². The van der Waals surface area contributed by atoms with E-state index in [0.717, 1.165) is 162 Å². The van der Waals surface area contributed by atoms with Crippen LogP contribution >= 0.6 is 0 Å². The van der Waals surface area contributed by atoms with E-state index in [-0.39, 0.29) is 54.5 Å². The van der Waals surface area contributed by atoms with Gasteiger partial charge in [-0.1, -0.05) is 257 Å². The summed E-state index contributed by atoms with van der Waals surface area (Å²) in [6.07, 6.45) is 0. The predicted molar refractivity (Wildman–Crippen MR) is 519 cm³/mol. The molecule has 6 aromatic heterocycles. The largest absolute Gasteiger partial charge is 0.498 e. The van der Waals surface area contributed by atoms with Gasteiger partial charge in [0.15, 0.2) is 0 Å². The maximum atomic E-state index is 6.42. The molecule has 0 spiro atoms. The molecule has 13 heteroatoms. The Morgan fingerprint density at radius 1 is 0.258 bits per heavy atom. The number of hydrogen-bond donors (Lipinski definition) is 0. The van der Waals surface area contributed by atoms with Crippen molar-refractivity contribution < 1.29 is 37.1 Å². The van der Waals surface area contributed by atoms with Crippen LogP contribution in [0.15, 0.2) is 203 Å². The standard InChI is InChI=1S/C52H58N2O3.C42H46N2O2.C17H27BO3/c1-49(2,3)33-19-20-45(55-13)39(26-33)42-27-36(52(10,11)12)28-44(54-42)43-24-32(31-21-34(50(4,5)6)25-35(22-31)51(7,8)9)23-41(53-43)40-30-48-38(29-47(40)56-14)37-17-15-16-18-46(37)57-48;1-25-16-28(40(2,3)4)22-36(43-25)35-20-27(26-17-29(41(5,6)7)21-30(18-26)42(8,9)10)19-34(44-35)33-24-39-32(23-38(33)45-11)31-14-12-13-15-37(31)46-39;1-15(2,3)12-9-10-14(19-8)13(11-12)18-20-16(4,5)17(6,7)21-18/h15-30H,1-14H3;12-24H,1-11H3;9-11H,1-8H3. The minimum atomic E-state index is -0.396. The van der Waals surface area contributed by atoms with Gasteiger partial charge in [-0.05, 0) is 248 Å². The fourth-order valence-corrected chi connectivity index (χ4v) is 15.7. The summed E-state index contributed by atoms with van der Waals surface area (Å²) in [7, 11) is 6.45.